The van der Waals surface area contributed by atoms with Crippen LogP contribution in [0.4, 0.5) is 0 Å². The van der Waals surface area contributed by atoms with Gasteiger partial charge in [0, 0.05) is 26.4 Å². The summed E-state index contributed by atoms with van der Waals surface area (Å²) in [5, 5.41) is 5.94. The first-order valence-corrected chi connectivity index (χ1v) is 10.9. The summed E-state index contributed by atoms with van der Waals surface area (Å²) in [5.41, 5.74) is 4.36. The van der Waals surface area contributed by atoms with Crippen LogP contribution in [0.3, 0.4) is 0 Å². The Bertz CT molecular complexity index is 1580. The summed E-state index contributed by atoms with van der Waals surface area (Å²) in [7, 11) is 0. The van der Waals surface area contributed by atoms with Crippen LogP contribution in [-0.4, -0.2) is 9.97 Å². The molecule has 3 heterocycles. The van der Waals surface area contributed by atoms with Gasteiger partial charge in [0.2, 0.25) is 0 Å². The molecule has 0 unspecified atom stereocenters. The molecule has 0 N–H and O–H groups in total. The molecule has 0 saturated carbocycles. The number of fused-ring (bicyclic) bond motifs is 6. The Morgan fingerprint density at radius 3 is 2.60 bits per heavy atom. The lowest BCUT2D eigenvalue weighted by Gasteiger charge is -2.22. The molecule has 0 fully saturated rings. The molecular formula is C26H20N2OS. The summed E-state index contributed by atoms with van der Waals surface area (Å²) in [6, 6.07) is 19.4. The van der Waals surface area contributed by atoms with Crippen LogP contribution in [0.15, 0.2) is 71.6 Å². The molecule has 0 radical (unpaired) electrons. The summed E-state index contributed by atoms with van der Waals surface area (Å²) >= 11 is 1.71. The van der Waals surface area contributed by atoms with E-state index in [1.807, 2.05) is 12.1 Å². The van der Waals surface area contributed by atoms with Crippen molar-refractivity contribution < 1.29 is 4.42 Å². The minimum Gasteiger partial charge on any atom is -0.464 e. The van der Waals surface area contributed by atoms with E-state index in [-0.39, 0.29) is 5.41 Å². The van der Waals surface area contributed by atoms with Crippen LogP contribution in [0.2, 0.25) is 0 Å². The third-order valence-electron chi connectivity index (χ3n) is 5.81. The Morgan fingerprint density at radius 2 is 1.73 bits per heavy atom. The predicted molar refractivity (Wildman–Crippen MR) is 126 cm³/mol. The van der Waals surface area contributed by atoms with Gasteiger partial charge in [-0.05, 0) is 52.1 Å². The largest absolute Gasteiger partial charge is 0.464 e. The molecule has 0 aliphatic heterocycles. The third kappa shape index (κ3) is 2.50. The van der Waals surface area contributed by atoms with Crippen molar-refractivity contribution in [3.8, 4) is 11.3 Å². The number of benzene rings is 3. The van der Waals surface area contributed by atoms with Gasteiger partial charge in [-0.2, -0.15) is 0 Å². The lowest BCUT2D eigenvalue weighted by atomic mass is 9.82. The zero-order valence-corrected chi connectivity index (χ0v) is 17.9. The van der Waals surface area contributed by atoms with Crippen molar-refractivity contribution in [2.45, 2.75) is 26.2 Å². The second kappa shape index (κ2) is 6.13. The van der Waals surface area contributed by atoms with Crippen LogP contribution in [-0.2, 0) is 5.41 Å². The van der Waals surface area contributed by atoms with Gasteiger partial charge in [0.15, 0.2) is 0 Å². The van der Waals surface area contributed by atoms with E-state index < -0.39 is 0 Å². The SMILES string of the molecule is CC(C)(C)c1cc(-c2ncnc3sc4ccc5occc5c4c23)cc2ccccc12. The highest BCUT2D eigenvalue weighted by atomic mass is 32.1. The number of thiophene rings is 1. The van der Waals surface area contributed by atoms with Crippen LogP contribution in [0.1, 0.15) is 26.3 Å². The Morgan fingerprint density at radius 1 is 0.867 bits per heavy atom. The molecule has 0 amide bonds. The predicted octanol–water partition coefficient (Wildman–Crippen LogP) is 7.71. The van der Waals surface area contributed by atoms with E-state index in [9.17, 15) is 0 Å². The van der Waals surface area contributed by atoms with Gasteiger partial charge in [-0.15, -0.1) is 11.3 Å². The van der Waals surface area contributed by atoms with Crippen molar-refractivity contribution in [2.24, 2.45) is 0 Å². The Labute approximate surface area is 178 Å². The van der Waals surface area contributed by atoms with Gasteiger partial charge in [-0.1, -0.05) is 45.0 Å². The summed E-state index contributed by atoms with van der Waals surface area (Å²) in [4.78, 5) is 10.4. The van der Waals surface area contributed by atoms with Crippen molar-refractivity contribution in [3.63, 3.8) is 0 Å². The van der Waals surface area contributed by atoms with Gasteiger partial charge < -0.3 is 4.42 Å². The average molecular weight is 409 g/mol. The van der Waals surface area contributed by atoms with E-state index >= 15 is 0 Å². The summed E-state index contributed by atoms with van der Waals surface area (Å²) in [6.45, 7) is 6.80. The normalized spacial score (nSPS) is 12.5. The second-order valence-corrected chi connectivity index (χ2v) is 9.80. The van der Waals surface area contributed by atoms with Crippen LogP contribution in [0.5, 0.6) is 0 Å². The number of furan rings is 1. The molecule has 0 aliphatic rings. The van der Waals surface area contributed by atoms with E-state index in [0.29, 0.717) is 0 Å². The molecule has 3 aromatic heterocycles. The van der Waals surface area contributed by atoms with Gasteiger partial charge in [0.05, 0.1) is 12.0 Å². The van der Waals surface area contributed by atoms with E-state index in [1.54, 1.807) is 23.9 Å². The average Bonchev–Trinajstić information content (AvgIpc) is 3.35. The molecule has 6 rings (SSSR count). The first-order valence-electron chi connectivity index (χ1n) is 10.1. The molecule has 30 heavy (non-hydrogen) atoms. The number of rotatable bonds is 1. The molecule has 6 aromatic rings. The van der Waals surface area contributed by atoms with Gasteiger partial charge in [-0.25, -0.2) is 9.97 Å². The minimum atomic E-state index is 0.0241. The Balaban J connectivity index is 1.76. The molecule has 0 bridgehead atoms. The Kier molecular flexibility index (Phi) is 3.60. The van der Waals surface area contributed by atoms with Crippen LogP contribution in [0, 0.1) is 0 Å². The highest BCUT2D eigenvalue weighted by molar-refractivity contribution is 7.25. The fourth-order valence-electron chi connectivity index (χ4n) is 4.43. The van der Waals surface area contributed by atoms with E-state index in [2.05, 4.69) is 68.2 Å². The van der Waals surface area contributed by atoms with Gasteiger partial charge in [-0.3, -0.25) is 0 Å². The smallest absolute Gasteiger partial charge is 0.134 e. The molecular weight excluding hydrogens is 388 g/mol. The second-order valence-electron chi connectivity index (χ2n) is 8.77. The summed E-state index contributed by atoms with van der Waals surface area (Å²) < 4.78 is 6.88. The maximum atomic E-state index is 5.68. The highest BCUT2D eigenvalue weighted by Gasteiger charge is 2.21. The van der Waals surface area contributed by atoms with Crippen LogP contribution >= 0.6 is 11.3 Å². The number of hydrogen-bond donors (Lipinski definition) is 0. The molecule has 0 saturated heterocycles. The minimum absolute atomic E-state index is 0.0241. The highest BCUT2D eigenvalue weighted by Crippen LogP contribution is 2.43. The molecule has 3 aromatic carbocycles. The van der Waals surface area contributed by atoms with Gasteiger partial charge in [0.25, 0.3) is 0 Å². The van der Waals surface area contributed by atoms with Crippen molar-refractivity contribution in [1.82, 2.24) is 9.97 Å². The van der Waals surface area contributed by atoms with Crippen molar-refractivity contribution in [1.29, 1.82) is 0 Å². The monoisotopic (exact) mass is 408 g/mol. The zero-order valence-electron chi connectivity index (χ0n) is 17.1. The quantitative estimate of drug-likeness (QED) is 0.280. The maximum Gasteiger partial charge on any atom is 0.134 e. The van der Waals surface area contributed by atoms with Crippen LogP contribution < -0.4 is 0 Å². The summed E-state index contributed by atoms with van der Waals surface area (Å²) in [5.74, 6) is 0. The lowest BCUT2D eigenvalue weighted by Crippen LogP contribution is -2.12. The third-order valence-corrected chi connectivity index (χ3v) is 6.87. The fourth-order valence-corrected chi connectivity index (χ4v) is 5.49. The van der Waals surface area contributed by atoms with Crippen molar-refractivity contribution >= 4 is 53.4 Å². The zero-order chi connectivity index (χ0) is 20.5. The van der Waals surface area contributed by atoms with Gasteiger partial charge >= 0.3 is 0 Å². The summed E-state index contributed by atoms with van der Waals surface area (Å²) in [6.07, 6.45) is 3.44. The van der Waals surface area contributed by atoms with E-state index in [0.717, 1.165) is 32.4 Å². The topological polar surface area (TPSA) is 38.9 Å². The number of aromatic nitrogens is 2. The molecule has 0 atom stereocenters. The molecule has 4 heteroatoms. The van der Waals surface area contributed by atoms with Crippen molar-refractivity contribution in [3.05, 3.63) is 72.8 Å². The van der Waals surface area contributed by atoms with Gasteiger partial charge in [0.1, 0.15) is 16.7 Å². The first kappa shape index (κ1) is 17.6. The standard InChI is InChI=1S/C26H20N2OS/c1-26(2,3)19-13-16(12-15-6-4-5-7-17(15)19)24-23-22-18-10-11-29-20(18)8-9-21(22)30-25(23)28-14-27-24/h4-14H,1-3H3. The van der Waals surface area contributed by atoms with E-state index in [4.69, 9.17) is 9.40 Å². The van der Waals surface area contributed by atoms with Crippen LogP contribution in [0.25, 0.3) is 53.3 Å². The maximum absolute atomic E-state index is 5.68. The fraction of sp³-hybridized carbons (Fsp3) is 0.154. The van der Waals surface area contributed by atoms with Crippen molar-refractivity contribution in [2.75, 3.05) is 0 Å². The molecule has 0 aliphatic carbocycles. The van der Waals surface area contributed by atoms with E-state index in [1.165, 1.54) is 26.4 Å². The first-order chi connectivity index (χ1) is 14.5. The molecule has 3 nitrogen and oxygen atoms in total. The number of nitrogens with zero attached hydrogens (tertiary/aromatic N) is 2. The lowest BCUT2D eigenvalue weighted by molar-refractivity contribution is 0.596. The molecule has 146 valence electrons. The molecule has 0 spiro atoms. The Hall–Kier alpha value is -3.24. The number of hydrogen-bond acceptors (Lipinski definition) is 4.